The predicted octanol–water partition coefficient (Wildman–Crippen LogP) is 0.427. The van der Waals surface area contributed by atoms with E-state index < -0.39 is 0 Å². The van der Waals surface area contributed by atoms with Crippen LogP contribution in [-0.2, 0) is 0 Å². The molecule has 1 aliphatic rings. The second-order valence-corrected chi connectivity index (χ2v) is 4.28. The van der Waals surface area contributed by atoms with Gasteiger partial charge in [0, 0.05) is 25.6 Å². The quantitative estimate of drug-likeness (QED) is 0.524. The maximum absolute atomic E-state index is 12.2. The Morgan fingerprint density at radius 1 is 1.53 bits per heavy atom. The molecule has 0 aromatic heterocycles. The molecule has 1 aliphatic heterocycles. The Morgan fingerprint density at radius 3 is 2.94 bits per heavy atom. The van der Waals surface area contributed by atoms with Crippen LogP contribution in [-0.4, -0.2) is 35.6 Å². The van der Waals surface area contributed by atoms with Gasteiger partial charge >= 0.3 is 0 Å². The van der Waals surface area contributed by atoms with E-state index in [0.29, 0.717) is 24.3 Å². The maximum atomic E-state index is 12.2. The number of hydrogen-bond acceptors (Lipinski definition) is 4. The standard InChI is InChI=1S/C12H17N3O2/c13-14-11-4-2-1-3-10(11)12(17)15-6-5-9(7-15)8-16/h1-4,9,14,16H,5-8,13H2. The number of likely N-dealkylation sites (tertiary alicyclic amines) is 1. The highest BCUT2D eigenvalue weighted by atomic mass is 16.3. The third kappa shape index (κ3) is 2.40. The molecule has 4 N–H and O–H groups in total. The number of nitrogens with two attached hydrogens (primary N) is 1. The van der Waals surface area contributed by atoms with Gasteiger partial charge < -0.3 is 15.4 Å². The van der Waals surface area contributed by atoms with Crippen molar-refractivity contribution in [3.05, 3.63) is 29.8 Å². The summed E-state index contributed by atoms with van der Waals surface area (Å²) in [5.41, 5.74) is 3.74. The summed E-state index contributed by atoms with van der Waals surface area (Å²) >= 11 is 0. The number of hydrazine groups is 1. The van der Waals surface area contributed by atoms with Crippen molar-refractivity contribution < 1.29 is 9.90 Å². The molecule has 0 aliphatic carbocycles. The van der Waals surface area contributed by atoms with Crippen molar-refractivity contribution >= 4 is 11.6 Å². The van der Waals surface area contributed by atoms with Gasteiger partial charge in [-0.15, -0.1) is 0 Å². The summed E-state index contributed by atoms with van der Waals surface area (Å²) in [5.74, 6) is 5.55. The summed E-state index contributed by atoms with van der Waals surface area (Å²) in [4.78, 5) is 14.0. The average Bonchev–Trinajstić information content (AvgIpc) is 2.86. The number of nitrogens with one attached hydrogen (secondary N) is 1. The number of benzene rings is 1. The predicted molar refractivity (Wildman–Crippen MR) is 65.3 cm³/mol. The second-order valence-electron chi connectivity index (χ2n) is 4.28. The van der Waals surface area contributed by atoms with E-state index in [1.165, 1.54) is 0 Å². The highest BCUT2D eigenvalue weighted by Crippen LogP contribution is 2.21. The van der Waals surface area contributed by atoms with Gasteiger partial charge in [0.15, 0.2) is 0 Å². The van der Waals surface area contributed by atoms with Gasteiger partial charge in [0.05, 0.1) is 11.3 Å². The Hall–Kier alpha value is -1.59. The van der Waals surface area contributed by atoms with E-state index >= 15 is 0 Å². The van der Waals surface area contributed by atoms with Gasteiger partial charge in [-0.2, -0.15) is 0 Å². The lowest BCUT2D eigenvalue weighted by Crippen LogP contribution is -2.30. The van der Waals surface area contributed by atoms with Crippen LogP contribution in [0.25, 0.3) is 0 Å². The van der Waals surface area contributed by atoms with Crippen LogP contribution in [0.15, 0.2) is 24.3 Å². The molecule has 0 saturated carbocycles. The van der Waals surface area contributed by atoms with E-state index in [1.54, 1.807) is 17.0 Å². The summed E-state index contributed by atoms with van der Waals surface area (Å²) in [6.45, 7) is 1.46. The molecular formula is C12H17N3O2. The second kappa shape index (κ2) is 5.16. The molecule has 1 unspecified atom stereocenters. The van der Waals surface area contributed by atoms with Gasteiger partial charge in [-0.05, 0) is 18.6 Å². The molecule has 0 bridgehead atoms. The summed E-state index contributed by atoms with van der Waals surface area (Å²) in [6.07, 6.45) is 0.862. The van der Waals surface area contributed by atoms with Crippen molar-refractivity contribution in [2.45, 2.75) is 6.42 Å². The lowest BCUT2D eigenvalue weighted by molar-refractivity contribution is 0.0783. The number of anilines is 1. The number of carbonyl (C=O) groups is 1. The van der Waals surface area contributed by atoms with Crippen LogP contribution in [0.4, 0.5) is 5.69 Å². The number of para-hydroxylation sites is 1. The van der Waals surface area contributed by atoms with Gasteiger partial charge in [-0.25, -0.2) is 0 Å². The normalized spacial score (nSPS) is 19.4. The minimum absolute atomic E-state index is 0.0329. The molecule has 1 amide bonds. The number of carbonyl (C=O) groups excluding carboxylic acids is 1. The first kappa shape index (κ1) is 11.9. The number of rotatable bonds is 3. The summed E-state index contributed by atoms with van der Waals surface area (Å²) in [6, 6.07) is 7.16. The molecule has 2 rings (SSSR count). The molecule has 92 valence electrons. The molecule has 1 aromatic rings. The Balaban J connectivity index is 2.15. The lowest BCUT2D eigenvalue weighted by atomic mass is 10.1. The summed E-state index contributed by atoms with van der Waals surface area (Å²) in [5, 5.41) is 9.07. The van der Waals surface area contributed by atoms with E-state index in [-0.39, 0.29) is 18.4 Å². The van der Waals surface area contributed by atoms with Crippen molar-refractivity contribution in [2.75, 3.05) is 25.1 Å². The molecule has 1 saturated heterocycles. The Bertz CT molecular complexity index is 408. The van der Waals surface area contributed by atoms with Gasteiger partial charge in [-0.1, -0.05) is 12.1 Å². The number of aliphatic hydroxyl groups excluding tert-OH is 1. The van der Waals surface area contributed by atoms with Gasteiger partial charge in [-0.3, -0.25) is 10.6 Å². The van der Waals surface area contributed by atoms with E-state index in [1.807, 2.05) is 12.1 Å². The minimum atomic E-state index is -0.0329. The monoisotopic (exact) mass is 235 g/mol. The first-order valence-corrected chi connectivity index (χ1v) is 5.72. The largest absolute Gasteiger partial charge is 0.396 e. The Labute approximate surface area is 100 Å². The third-order valence-corrected chi connectivity index (χ3v) is 3.14. The highest BCUT2D eigenvalue weighted by molar-refractivity contribution is 5.99. The van der Waals surface area contributed by atoms with Crippen molar-refractivity contribution in [1.82, 2.24) is 4.90 Å². The number of aliphatic hydroxyl groups is 1. The zero-order valence-electron chi connectivity index (χ0n) is 9.60. The number of nitrogens with zero attached hydrogens (tertiary/aromatic N) is 1. The van der Waals surface area contributed by atoms with Gasteiger partial charge in [0.1, 0.15) is 0 Å². The molecule has 1 heterocycles. The van der Waals surface area contributed by atoms with Crippen LogP contribution in [0.3, 0.4) is 0 Å². The smallest absolute Gasteiger partial charge is 0.256 e. The van der Waals surface area contributed by atoms with Crippen molar-refractivity contribution in [2.24, 2.45) is 11.8 Å². The summed E-state index contributed by atoms with van der Waals surface area (Å²) in [7, 11) is 0. The third-order valence-electron chi connectivity index (χ3n) is 3.14. The fourth-order valence-corrected chi connectivity index (χ4v) is 2.13. The molecule has 1 aromatic carbocycles. The van der Waals surface area contributed by atoms with E-state index in [2.05, 4.69) is 5.43 Å². The van der Waals surface area contributed by atoms with Crippen molar-refractivity contribution in [3.63, 3.8) is 0 Å². The highest BCUT2D eigenvalue weighted by Gasteiger charge is 2.27. The lowest BCUT2D eigenvalue weighted by Gasteiger charge is -2.18. The maximum Gasteiger partial charge on any atom is 0.256 e. The first-order chi connectivity index (χ1) is 8.26. The number of nitrogen functional groups attached to an aromatic ring is 1. The zero-order valence-corrected chi connectivity index (χ0v) is 9.60. The average molecular weight is 235 g/mol. The zero-order chi connectivity index (χ0) is 12.3. The number of hydrogen-bond donors (Lipinski definition) is 3. The van der Waals surface area contributed by atoms with Crippen LogP contribution in [0.5, 0.6) is 0 Å². The molecule has 17 heavy (non-hydrogen) atoms. The fraction of sp³-hybridized carbons (Fsp3) is 0.417. The molecular weight excluding hydrogens is 218 g/mol. The van der Waals surface area contributed by atoms with E-state index in [0.717, 1.165) is 6.42 Å². The van der Waals surface area contributed by atoms with Gasteiger partial charge in [0.2, 0.25) is 0 Å². The van der Waals surface area contributed by atoms with E-state index in [9.17, 15) is 4.79 Å². The Kier molecular flexibility index (Phi) is 3.61. The molecule has 0 spiro atoms. The van der Waals surface area contributed by atoms with E-state index in [4.69, 9.17) is 10.9 Å². The van der Waals surface area contributed by atoms with Crippen molar-refractivity contribution in [1.29, 1.82) is 0 Å². The minimum Gasteiger partial charge on any atom is -0.396 e. The molecule has 0 radical (unpaired) electrons. The summed E-state index contributed by atoms with van der Waals surface area (Å²) < 4.78 is 0. The van der Waals surface area contributed by atoms with Crippen LogP contribution in [0.2, 0.25) is 0 Å². The van der Waals surface area contributed by atoms with Crippen LogP contribution in [0, 0.1) is 5.92 Å². The van der Waals surface area contributed by atoms with Crippen molar-refractivity contribution in [3.8, 4) is 0 Å². The van der Waals surface area contributed by atoms with Crippen LogP contribution < -0.4 is 11.3 Å². The molecule has 1 atom stereocenters. The Morgan fingerprint density at radius 2 is 2.29 bits per heavy atom. The molecule has 1 fully saturated rings. The van der Waals surface area contributed by atoms with Gasteiger partial charge in [0.25, 0.3) is 5.91 Å². The topological polar surface area (TPSA) is 78.6 Å². The molecule has 5 heteroatoms. The van der Waals surface area contributed by atoms with Crippen LogP contribution >= 0.6 is 0 Å². The SMILES string of the molecule is NNc1ccccc1C(=O)N1CCC(CO)C1. The number of amides is 1. The van der Waals surface area contributed by atoms with Crippen LogP contribution in [0.1, 0.15) is 16.8 Å². The molecule has 5 nitrogen and oxygen atoms in total. The fourth-order valence-electron chi connectivity index (χ4n) is 2.13. The first-order valence-electron chi connectivity index (χ1n) is 5.72.